The molecule has 0 saturated carbocycles. The highest BCUT2D eigenvalue weighted by Crippen LogP contribution is 2.15. The first-order valence-electron chi connectivity index (χ1n) is 33.8. The summed E-state index contributed by atoms with van der Waals surface area (Å²) in [7, 11) is 0. The molecule has 0 rings (SSSR count). The Kier molecular flexibility index (Phi) is 64.8. The van der Waals surface area contributed by atoms with Gasteiger partial charge in [0.25, 0.3) is 0 Å². The molecule has 0 spiro atoms. The van der Waals surface area contributed by atoms with Gasteiger partial charge in [-0.3, -0.25) is 14.4 Å². The van der Waals surface area contributed by atoms with Crippen molar-refractivity contribution in [2.45, 2.75) is 303 Å². The molecule has 82 heavy (non-hydrogen) atoms. The van der Waals surface area contributed by atoms with Crippen LogP contribution in [0.5, 0.6) is 0 Å². The van der Waals surface area contributed by atoms with Crippen molar-refractivity contribution in [3.8, 4) is 0 Å². The highest BCUT2D eigenvalue weighted by atomic mass is 16.6. The molecule has 1 unspecified atom stereocenters. The van der Waals surface area contributed by atoms with E-state index in [1.165, 1.54) is 96.3 Å². The summed E-state index contributed by atoms with van der Waals surface area (Å²) < 4.78 is 17.0. The van der Waals surface area contributed by atoms with Gasteiger partial charge in [-0.15, -0.1) is 0 Å². The van der Waals surface area contributed by atoms with Gasteiger partial charge in [-0.1, -0.05) is 282 Å². The van der Waals surface area contributed by atoms with Crippen LogP contribution < -0.4 is 0 Å². The molecule has 0 aromatic heterocycles. The lowest BCUT2D eigenvalue weighted by atomic mass is 10.1. The maximum Gasteiger partial charge on any atom is 0.306 e. The summed E-state index contributed by atoms with van der Waals surface area (Å²) in [6.45, 7) is 6.39. The number of ether oxygens (including phenoxy) is 3. The minimum absolute atomic E-state index is 0.0948. The zero-order valence-corrected chi connectivity index (χ0v) is 53.2. The van der Waals surface area contributed by atoms with Crippen molar-refractivity contribution in [3.63, 3.8) is 0 Å². The van der Waals surface area contributed by atoms with Crippen molar-refractivity contribution in [1.82, 2.24) is 0 Å². The molecule has 0 aromatic rings. The van der Waals surface area contributed by atoms with E-state index in [1.807, 2.05) is 0 Å². The van der Waals surface area contributed by atoms with Gasteiger partial charge in [0.15, 0.2) is 6.10 Å². The van der Waals surface area contributed by atoms with E-state index >= 15 is 0 Å². The van der Waals surface area contributed by atoms with Gasteiger partial charge < -0.3 is 14.2 Å². The highest BCUT2D eigenvalue weighted by molar-refractivity contribution is 5.71. The zero-order chi connectivity index (χ0) is 59.2. The molecule has 0 radical (unpaired) electrons. The highest BCUT2D eigenvalue weighted by Gasteiger charge is 2.19. The molecule has 0 aliphatic heterocycles. The molecule has 6 nitrogen and oxygen atoms in total. The number of rotatable bonds is 60. The number of hydrogen-bond donors (Lipinski definition) is 0. The van der Waals surface area contributed by atoms with E-state index in [2.05, 4.69) is 167 Å². The van der Waals surface area contributed by atoms with E-state index in [1.54, 1.807) is 0 Å². The van der Waals surface area contributed by atoms with E-state index in [4.69, 9.17) is 14.2 Å². The molecular formula is C76H124O6. The number of carbonyl (C=O) groups excluding carboxylic acids is 3. The summed E-state index contributed by atoms with van der Waals surface area (Å²) >= 11 is 0. The van der Waals surface area contributed by atoms with Gasteiger partial charge in [0, 0.05) is 19.3 Å². The summed E-state index contributed by atoms with van der Waals surface area (Å²) in [5.74, 6) is -0.920. The van der Waals surface area contributed by atoms with E-state index in [-0.39, 0.29) is 31.1 Å². The second kappa shape index (κ2) is 68.8. The van der Waals surface area contributed by atoms with E-state index in [0.29, 0.717) is 19.3 Å². The second-order valence-electron chi connectivity index (χ2n) is 22.0. The molecule has 1 atom stereocenters. The van der Waals surface area contributed by atoms with Gasteiger partial charge in [0.1, 0.15) is 13.2 Å². The van der Waals surface area contributed by atoms with Crippen LogP contribution in [0.2, 0.25) is 0 Å². The molecule has 464 valence electrons. The number of allylic oxidation sites excluding steroid dienone is 24. The normalized spacial score (nSPS) is 13.1. The van der Waals surface area contributed by atoms with Gasteiger partial charge >= 0.3 is 17.9 Å². The quantitative estimate of drug-likeness (QED) is 0.0261. The van der Waals surface area contributed by atoms with Crippen LogP contribution in [0.3, 0.4) is 0 Å². The van der Waals surface area contributed by atoms with E-state index in [0.717, 1.165) is 161 Å². The van der Waals surface area contributed by atoms with Crippen LogP contribution in [-0.4, -0.2) is 37.2 Å². The van der Waals surface area contributed by atoms with Crippen molar-refractivity contribution in [1.29, 1.82) is 0 Å². The third-order valence-electron chi connectivity index (χ3n) is 14.1. The molecule has 6 heteroatoms. The van der Waals surface area contributed by atoms with Crippen molar-refractivity contribution in [2.24, 2.45) is 0 Å². The topological polar surface area (TPSA) is 78.9 Å². The van der Waals surface area contributed by atoms with Crippen molar-refractivity contribution < 1.29 is 28.6 Å². The summed E-state index contributed by atoms with van der Waals surface area (Å²) in [5, 5.41) is 0. The molecule has 0 aliphatic rings. The Labute approximate surface area is 506 Å². The molecule has 0 saturated heterocycles. The second-order valence-corrected chi connectivity index (χ2v) is 22.0. The van der Waals surface area contributed by atoms with Crippen molar-refractivity contribution in [3.05, 3.63) is 146 Å². The van der Waals surface area contributed by atoms with Crippen LogP contribution >= 0.6 is 0 Å². The molecular weight excluding hydrogens is 1010 g/mol. The van der Waals surface area contributed by atoms with Crippen LogP contribution in [0.25, 0.3) is 0 Å². The first-order valence-corrected chi connectivity index (χ1v) is 33.8. The predicted molar refractivity (Wildman–Crippen MR) is 357 cm³/mol. The van der Waals surface area contributed by atoms with Gasteiger partial charge in [0.05, 0.1) is 0 Å². The van der Waals surface area contributed by atoms with Crippen LogP contribution in [0.1, 0.15) is 297 Å². The van der Waals surface area contributed by atoms with Gasteiger partial charge in [0.2, 0.25) is 0 Å². The van der Waals surface area contributed by atoms with Crippen molar-refractivity contribution in [2.75, 3.05) is 13.2 Å². The lowest BCUT2D eigenvalue weighted by Gasteiger charge is -2.18. The monoisotopic (exact) mass is 1130 g/mol. The Bertz CT molecular complexity index is 1780. The smallest absolute Gasteiger partial charge is 0.306 e. The Hall–Kier alpha value is -4.71. The maximum absolute atomic E-state index is 13.0. The molecule has 0 aliphatic carbocycles. The van der Waals surface area contributed by atoms with Gasteiger partial charge in [-0.2, -0.15) is 0 Å². The number of hydrogen-bond acceptors (Lipinski definition) is 6. The van der Waals surface area contributed by atoms with Crippen LogP contribution in [0.15, 0.2) is 146 Å². The lowest BCUT2D eigenvalue weighted by Crippen LogP contribution is -2.30. The minimum Gasteiger partial charge on any atom is -0.462 e. The first-order chi connectivity index (χ1) is 40.5. The fourth-order valence-corrected chi connectivity index (χ4v) is 9.06. The standard InChI is InChI=1S/C76H124O6/c1-4-7-10-13-16-19-22-25-28-31-33-35-36-37-38-39-40-42-43-45-48-51-54-57-60-63-66-69-75(78)81-72-73(71-80-74(77)68-65-62-59-56-53-50-47-30-27-24-21-18-15-12-9-6-3)82-76(79)70-67-64-61-58-55-52-49-46-44-41-34-32-29-26-23-20-17-14-11-8-5-2/h7-8,10-11,16-17,19-21,24-26,28-30,33-35,37-38,40-42,47,73H,4-6,9,12-15,18,22-23,27,31-32,36,39,43-46,48-72H2,1-3H3/b10-7-,11-8-,19-16-,20-17-,24-21-,28-25-,29-26-,35-33-,38-37-,41-34-,42-40-,47-30-. The summed E-state index contributed by atoms with van der Waals surface area (Å²) in [5.41, 5.74) is 0. The molecule has 0 fully saturated rings. The number of carbonyl (C=O) groups is 3. The average Bonchev–Trinajstić information content (AvgIpc) is 3.47. The molecule has 0 heterocycles. The van der Waals surface area contributed by atoms with Crippen LogP contribution in [-0.2, 0) is 28.6 Å². The molecule has 0 amide bonds. The van der Waals surface area contributed by atoms with E-state index < -0.39 is 6.10 Å². The van der Waals surface area contributed by atoms with Gasteiger partial charge in [-0.25, -0.2) is 0 Å². The fraction of sp³-hybridized carbons (Fsp3) is 0.645. The number of esters is 3. The van der Waals surface area contributed by atoms with Crippen molar-refractivity contribution >= 4 is 17.9 Å². The average molecular weight is 1130 g/mol. The van der Waals surface area contributed by atoms with E-state index in [9.17, 15) is 14.4 Å². The SMILES string of the molecule is CC/C=C\C/C=C\C/C=C\C/C=C\C/C=C\C/C=C\CCCCCCCCCCC(=O)OCC(COC(=O)CCCCCCC/C=C\C/C=C\CCCCCC)OC(=O)CCCCCCCCCC/C=C\C/C=C\C/C=C\C/C=C\CC. The Morgan fingerprint density at radius 3 is 0.744 bits per heavy atom. The maximum atomic E-state index is 13.0. The van der Waals surface area contributed by atoms with Crippen LogP contribution in [0, 0.1) is 0 Å². The number of unbranched alkanes of at least 4 members (excludes halogenated alkanes) is 25. The van der Waals surface area contributed by atoms with Crippen LogP contribution in [0.4, 0.5) is 0 Å². The Morgan fingerprint density at radius 1 is 0.256 bits per heavy atom. The summed E-state index contributed by atoms with van der Waals surface area (Å²) in [4.78, 5) is 38.4. The first kappa shape index (κ1) is 77.3. The van der Waals surface area contributed by atoms with Gasteiger partial charge in [-0.05, 0) is 141 Å². The largest absolute Gasteiger partial charge is 0.462 e. The third-order valence-corrected chi connectivity index (χ3v) is 14.1. The Morgan fingerprint density at radius 2 is 0.476 bits per heavy atom. The molecule has 0 N–H and O–H groups in total. The third kappa shape index (κ3) is 66.1. The minimum atomic E-state index is -0.800. The molecule has 0 aromatic carbocycles. The zero-order valence-electron chi connectivity index (χ0n) is 53.2. The fourth-order valence-electron chi connectivity index (χ4n) is 9.06. The summed E-state index contributed by atoms with van der Waals surface area (Å²) in [6, 6.07) is 0. The molecule has 0 bridgehead atoms. The lowest BCUT2D eigenvalue weighted by molar-refractivity contribution is -0.167. The summed E-state index contributed by atoms with van der Waals surface area (Å²) in [6.07, 6.45) is 98.5. The Balaban J connectivity index is 4.42. The predicted octanol–water partition coefficient (Wildman–Crippen LogP) is 23.5.